The standard InChI is InChI=1S/C14H15ClN2O2/c1-2-3-13(18)17-14(19)9-8-12(16-17)10-4-6-11(15)7-5-10/h4-7H,2-3,8-9H2,1H3. The fourth-order valence-corrected chi connectivity index (χ4v) is 2.04. The second kappa shape index (κ2) is 5.97. The minimum absolute atomic E-state index is 0.226. The van der Waals surface area contributed by atoms with E-state index in [2.05, 4.69) is 5.10 Å². The number of benzene rings is 1. The second-order valence-corrected chi connectivity index (χ2v) is 4.84. The molecule has 0 saturated carbocycles. The lowest BCUT2D eigenvalue weighted by Crippen LogP contribution is -2.36. The lowest BCUT2D eigenvalue weighted by molar-refractivity contribution is -0.145. The number of hydrogen-bond donors (Lipinski definition) is 0. The molecule has 0 radical (unpaired) electrons. The minimum atomic E-state index is -0.237. The van der Waals surface area contributed by atoms with E-state index in [4.69, 9.17) is 11.6 Å². The van der Waals surface area contributed by atoms with E-state index in [-0.39, 0.29) is 11.8 Å². The Balaban J connectivity index is 2.26. The Morgan fingerprint density at radius 1 is 1.32 bits per heavy atom. The van der Waals surface area contributed by atoms with Gasteiger partial charge in [0.25, 0.3) is 0 Å². The molecule has 0 spiro atoms. The molecule has 0 aliphatic carbocycles. The Bertz CT molecular complexity index is 523. The van der Waals surface area contributed by atoms with Crippen molar-refractivity contribution >= 4 is 29.1 Å². The summed E-state index contributed by atoms with van der Waals surface area (Å²) in [5.41, 5.74) is 1.65. The van der Waals surface area contributed by atoms with Crippen molar-refractivity contribution < 1.29 is 9.59 Å². The molecule has 2 rings (SSSR count). The highest BCUT2D eigenvalue weighted by atomic mass is 35.5. The third-order valence-corrected chi connectivity index (χ3v) is 3.16. The quantitative estimate of drug-likeness (QED) is 0.853. The van der Waals surface area contributed by atoms with Gasteiger partial charge in [-0.05, 0) is 24.1 Å². The normalized spacial score (nSPS) is 15.4. The molecule has 1 aliphatic heterocycles. The van der Waals surface area contributed by atoms with E-state index in [0.717, 1.165) is 16.3 Å². The van der Waals surface area contributed by atoms with Crippen LogP contribution in [0.2, 0.25) is 5.02 Å². The van der Waals surface area contributed by atoms with Crippen molar-refractivity contribution in [3.8, 4) is 0 Å². The summed E-state index contributed by atoms with van der Waals surface area (Å²) in [6, 6.07) is 7.24. The molecule has 19 heavy (non-hydrogen) atoms. The fourth-order valence-electron chi connectivity index (χ4n) is 1.92. The first-order valence-electron chi connectivity index (χ1n) is 6.31. The van der Waals surface area contributed by atoms with Gasteiger partial charge < -0.3 is 0 Å². The van der Waals surface area contributed by atoms with E-state index in [9.17, 15) is 9.59 Å². The van der Waals surface area contributed by atoms with Crippen LogP contribution in [0.4, 0.5) is 0 Å². The van der Waals surface area contributed by atoms with Crippen LogP contribution >= 0.6 is 11.6 Å². The third-order valence-electron chi connectivity index (χ3n) is 2.91. The molecule has 0 aromatic heterocycles. The zero-order valence-corrected chi connectivity index (χ0v) is 11.5. The fraction of sp³-hybridized carbons (Fsp3) is 0.357. The molecular formula is C14H15ClN2O2. The van der Waals surface area contributed by atoms with E-state index in [1.54, 1.807) is 12.1 Å². The van der Waals surface area contributed by atoms with Gasteiger partial charge in [0.1, 0.15) is 0 Å². The van der Waals surface area contributed by atoms with Crippen LogP contribution in [0.5, 0.6) is 0 Å². The largest absolute Gasteiger partial charge is 0.272 e. The number of halogens is 1. The number of carbonyl (C=O) groups excluding carboxylic acids is 2. The molecule has 0 atom stereocenters. The summed E-state index contributed by atoms with van der Waals surface area (Å²) in [5, 5.41) is 5.85. The van der Waals surface area contributed by atoms with Crippen LogP contribution in [0.25, 0.3) is 0 Å². The van der Waals surface area contributed by atoms with E-state index in [0.29, 0.717) is 30.7 Å². The Hall–Kier alpha value is -1.68. The summed E-state index contributed by atoms with van der Waals surface area (Å²) in [6.45, 7) is 1.90. The summed E-state index contributed by atoms with van der Waals surface area (Å²) in [6.07, 6.45) is 1.91. The SMILES string of the molecule is CCCC(=O)N1N=C(c2ccc(Cl)cc2)CCC1=O. The Morgan fingerprint density at radius 3 is 2.63 bits per heavy atom. The van der Waals surface area contributed by atoms with Crippen molar-refractivity contribution in [2.45, 2.75) is 32.6 Å². The molecule has 0 saturated heterocycles. The highest BCUT2D eigenvalue weighted by molar-refractivity contribution is 6.30. The van der Waals surface area contributed by atoms with Crippen molar-refractivity contribution in [1.82, 2.24) is 5.01 Å². The van der Waals surface area contributed by atoms with Crippen molar-refractivity contribution in [2.75, 3.05) is 0 Å². The summed E-state index contributed by atoms with van der Waals surface area (Å²) in [7, 11) is 0. The Labute approximate surface area is 117 Å². The predicted molar refractivity (Wildman–Crippen MR) is 74.0 cm³/mol. The minimum Gasteiger partial charge on any atom is -0.272 e. The maximum atomic E-state index is 11.8. The van der Waals surface area contributed by atoms with Gasteiger partial charge in [-0.3, -0.25) is 9.59 Å². The second-order valence-electron chi connectivity index (χ2n) is 4.40. The van der Waals surface area contributed by atoms with Crippen LogP contribution in [-0.4, -0.2) is 22.5 Å². The number of nitrogens with zero attached hydrogens (tertiary/aromatic N) is 2. The number of hydrogen-bond acceptors (Lipinski definition) is 3. The van der Waals surface area contributed by atoms with Crippen LogP contribution in [0.3, 0.4) is 0 Å². The zero-order valence-electron chi connectivity index (χ0n) is 10.7. The Morgan fingerprint density at radius 2 is 2.00 bits per heavy atom. The van der Waals surface area contributed by atoms with Crippen LogP contribution in [0.15, 0.2) is 29.4 Å². The van der Waals surface area contributed by atoms with E-state index < -0.39 is 0 Å². The van der Waals surface area contributed by atoms with Gasteiger partial charge in [-0.1, -0.05) is 30.7 Å². The first-order valence-corrected chi connectivity index (χ1v) is 6.69. The van der Waals surface area contributed by atoms with Gasteiger partial charge in [-0.2, -0.15) is 10.1 Å². The van der Waals surface area contributed by atoms with Gasteiger partial charge >= 0.3 is 0 Å². The van der Waals surface area contributed by atoms with Crippen molar-refractivity contribution in [1.29, 1.82) is 0 Å². The summed E-state index contributed by atoms with van der Waals surface area (Å²) in [5.74, 6) is -0.463. The van der Waals surface area contributed by atoms with Gasteiger partial charge in [-0.15, -0.1) is 0 Å². The molecule has 100 valence electrons. The number of hydrazone groups is 1. The lowest BCUT2D eigenvalue weighted by Gasteiger charge is -2.21. The van der Waals surface area contributed by atoms with Gasteiger partial charge in [0.2, 0.25) is 11.8 Å². The molecule has 0 fully saturated rings. The molecule has 1 aliphatic rings. The third kappa shape index (κ3) is 3.20. The average Bonchev–Trinajstić information content (AvgIpc) is 2.40. The maximum absolute atomic E-state index is 11.8. The topological polar surface area (TPSA) is 49.7 Å². The van der Waals surface area contributed by atoms with Crippen LogP contribution in [0.1, 0.15) is 38.2 Å². The summed E-state index contributed by atoms with van der Waals surface area (Å²) >= 11 is 5.84. The van der Waals surface area contributed by atoms with Gasteiger partial charge in [0.15, 0.2) is 0 Å². The maximum Gasteiger partial charge on any atom is 0.250 e. The van der Waals surface area contributed by atoms with Gasteiger partial charge in [0.05, 0.1) is 5.71 Å². The van der Waals surface area contributed by atoms with E-state index >= 15 is 0 Å². The predicted octanol–water partition coefficient (Wildman–Crippen LogP) is 2.99. The highest BCUT2D eigenvalue weighted by Gasteiger charge is 2.25. The average molecular weight is 279 g/mol. The molecule has 0 unspecified atom stereocenters. The molecule has 5 heteroatoms. The molecule has 4 nitrogen and oxygen atoms in total. The number of imide groups is 1. The summed E-state index contributed by atoms with van der Waals surface area (Å²) < 4.78 is 0. The van der Waals surface area contributed by atoms with E-state index in [1.165, 1.54) is 0 Å². The number of carbonyl (C=O) groups is 2. The molecule has 0 N–H and O–H groups in total. The van der Waals surface area contributed by atoms with Crippen molar-refractivity contribution in [3.05, 3.63) is 34.9 Å². The van der Waals surface area contributed by atoms with Crippen LogP contribution < -0.4 is 0 Å². The monoisotopic (exact) mass is 278 g/mol. The molecule has 1 aromatic carbocycles. The van der Waals surface area contributed by atoms with Crippen LogP contribution in [0, 0.1) is 0 Å². The zero-order chi connectivity index (χ0) is 13.8. The van der Waals surface area contributed by atoms with Gasteiger partial charge in [-0.25, -0.2) is 0 Å². The lowest BCUT2D eigenvalue weighted by atomic mass is 10.0. The van der Waals surface area contributed by atoms with Crippen molar-refractivity contribution in [2.24, 2.45) is 5.10 Å². The molecule has 0 bridgehead atoms. The highest BCUT2D eigenvalue weighted by Crippen LogP contribution is 2.18. The molecule has 1 aromatic rings. The summed E-state index contributed by atoms with van der Waals surface area (Å²) in [4.78, 5) is 23.5. The molecular weight excluding hydrogens is 264 g/mol. The first-order chi connectivity index (χ1) is 9.11. The van der Waals surface area contributed by atoms with E-state index in [1.807, 2.05) is 19.1 Å². The number of amides is 2. The molecule has 1 heterocycles. The first kappa shape index (κ1) is 13.7. The van der Waals surface area contributed by atoms with Gasteiger partial charge in [0, 0.05) is 24.3 Å². The molecule has 2 amide bonds. The number of rotatable bonds is 3. The van der Waals surface area contributed by atoms with Crippen molar-refractivity contribution in [3.63, 3.8) is 0 Å². The smallest absolute Gasteiger partial charge is 0.250 e. The van der Waals surface area contributed by atoms with Crippen LogP contribution in [-0.2, 0) is 9.59 Å². The Kier molecular flexibility index (Phi) is 4.32.